The molecule has 0 spiro atoms. The van der Waals surface area contributed by atoms with E-state index in [-0.39, 0.29) is 34.9 Å². The number of H-pyrrole nitrogens is 1. The van der Waals surface area contributed by atoms with Gasteiger partial charge in [-0.2, -0.15) is 13.2 Å². The van der Waals surface area contributed by atoms with Crippen LogP contribution in [0.2, 0.25) is 0 Å². The molecule has 0 saturated carbocycles. The van der Waals surface area contributed by atoms with Crippen molar-refractivity contribution in [1.82, 2.24) is 9.97 Å². The zero-order valence-corrected chi connectivity index (χ0v) is 20.0. The molecular formula is C24H20F3N5O4S. The van der Waals surface area contributed by atoms with Crippen molar-refractivity contribution in [2.75, 3.05) is 22.6 Å². The molecule has 0 aliphatic carbocycles. The molecule has 1 aromatic heterocycles. The summed E-state index contributed by atoms with van der Waals surface area (Å²) in [6, 6.07) is 16.5. The Morgan fingerprint density at radius 1 is 0.946 bits per heavy atom. The van der Waals surface area contributed by atoms with Crippen molar-refractivity contribution in [2.45, 2.75) is 17.3 Å². The lowest BCUT2D eigenvalue weighted by atomic mass is 10.3. The van der Waals surface area contributed by atoms with Crippen LogP contribution in [0.4, 0.5) is 40.1 Å². The number of nitrogens with one attached hydrogen (secondary N) is 4. The second-order valence-corrected chi connectivity index (χ2v) is 8.53. The molecule has 4 aromatic rings. The lowest BCUT2D eigenvalue weighted by Gasteiger charge is -2.11. The number of thioether (sulfide) groups is 1. The summed E-state index contributed by atoms with van der Waals surface area (Å²) in [5.41, 5.74) is -2.60. The number of alkyl halides is 3. The molecule has 0 bridgehead atoms. The van der Waals surface area contributed by atoms with Crippen LogP contribution >= 0.6 is 11.8 Å². The molecule has 13 heteroatoms. The fraction of sp³-hybridized carbons (Fsp3) is 0.125. The summed E-state index contributed by atoms with van der Waals surface area (Å²) >= 11 is -0.264. The molecule has 3 aromatic carbocycles. The van der Waals surface area contributed by atoms with Gasteiger partial charge in [-0.1, -0.05) is 12.1 Å². The molecule has 0 fully saturated rings. The predicted molar refractivity (Wildman–Crippen MR) is 134 cm³/mol. The van der Waals surface area contributed by atoms with Crippen LogP contribution in [0.3, 0.4) is 0 Å². The van der Waals surface area contributed by atoms with Gasteiger partial charge >= 0.3 is 17.6 Å². The second kappa shape index (κ2) is 11.1. The van der Waals surface area contributed by atoms with Crippen molar-refractivity contribution in [3.63, 3.8) is 0 Å². The highest BCUT2D eigenvalue weighted by molar-refractivity contribution is 8.00. The molecule has 1 heterocycles. The summed E-state index contributed by atoms with van der Waals surface area (Å²) in [6.45, 7) is 1.92. The minimum Gasteiger partial charge on any atom is -0.457 e. The molecule has 4 N–H and O–H groups in total. The van der Waals surface area contributed by atoms with Gasteiger partial charge in [-0.15, -0.1) is 0 Å². The monoisotopic (exact) mass is 531 g/mol. The number of anilines is 3. The van der Waals surface area contributed by atoms with Crippen LogP contribution in [0, 0.1) is 0 Å². The van der Waals surface area contributed by atoms with Crippen molar-refractivity contribution in [2.24, 2.45) is 0 Å². The molecule has 0 atom stereocenters. The summed E-state index contributed by atoms with van der Waals surface area (Å²) in [4.78, 5) is 31.1. The Bertz CT molecular complexity index is 1430. The highest BCUT2D eigenvalue weighted by atomic mass is 32.2. The summed E-state index contributed by atoms with van der Waals surface area (Å²) in [7, 11) is 0. The standard InChI is InChI=1S/C24H20F3N5O4S/c1-2-35-23(34)32-21-30-19-10-9-17(13-20(19)31-21)36-16-7-3-5-14(11-16)28-22(33)29-15-6-4-8-18(12-15)37-24(25,26)27/h3-13H,2H2,1H3,(H2,28,29,33)(H2,30,31,32,34). The normalized spacial score (nSPS) is 11.1. The number of urea groups is 1. The number of nitrogens with zero attached hydrogens (tertiary/aromatic N) is 1. The first-order valence-corrected chi connectivity index (χ1v) is 11.6. The molecule has 0 aliphatic rings. The molecule has 37 heavy (non-hydrogen) atoms. The highest BCUT2D eigenvalue weighted by Crippen LogP contribution is 2.37. The molecule has 0 saturated heterocycles. The first-order chi connectivity index (χ1) is 17.7. The first kappa shape index (κ1) is 25.7. The Kier molecular flexibility index (Phi) is 7.72. The van der Waals surface area contributed by atoms with Gasteiger partial charge in [0.25, 0.3) is 0 Å². The molecule has 0 unspecified atom stereocenters. The van der Waals surface area contributed by atoms with Crippen LogP contribution in [-0.2, 0) is 4.74 Å². The number of carbonyl (C=O) groups is 2. The first-order valence-electron chi connectivity index (χ1n) is 10.8. The Labute approximate surface area is 212 Å². The Morgan fingerprint density at radius 2 is 1.65 bits per heavy atom. The molecule has 0 radical (unpaired) electrons. The average Bonchev–Trinajstić information content (AvgIpc) is 3.20. The number of rotatable bonds is 7. The van der Waals surface area contributed by atoms with E-state index in [9.17, 15) is 22.8 Å². The van der Waals surface area contributed by atoms with Gasteiger partial charge in [0.1, 0.15) is 11.5 Å². The average molecular weight is 532 g/mol. The summed E-state index contributed by atoms with van der Waals surface area (Å²) in [6.07, 6.45) is -0.626. The van der Waals surface area contributed by atoms with Crippen LogP contribution in [-0.4, -0.2) is 34.2 Å². The third-order valence-electron chi connectivity index (χ3n) is 4.60. The van der Waals surface area contributed by atoms with E-state index in [1.807, 2.05) is 0 Å². The summed E-state index contributed by atoms with van der Waals surface area (Å²) < 4.78 is 48.5. The number of hydrogen-bond donors (Lipinski definition) is 4. The quantitative estimate of drug-likeness (QED) is 0.188. The number of aromatic amines is 1. The highest BCUT2D eigenvalue weighted by Gasteiger charge is 2.29. The molecule has 4 rings (SSSR count). The van der Waals surface area contributed by atoms with E-state index in [4.69, 9.17) is 9.47 Å². The Hall–Kier alpha value is -4.39. The zero-order chi connectivity index (χ0) is 26.4. The fourth-order valence-electron chi connectivity index (χ4n) is 3.21. The predicted octanol–water partition coefficient (Wildman–Crippen LogP) is 7.18. The van der Waals surface area contributed by atoms with Gasteiger partial charge in [-0.25, -0.2) is 14.6 Å². The van der Waals surface area contributed by atoms with Gasteiger partial charge in [0.15, 0.2) is 0 Å². The maximum atomic E-state index is 12.6. The van der Waals surface area contributed by atoms with Crippen molar-refractivity contribution in [3.05, 3.63) is 66.7 Å². The smallest absolute Gasteiger partial charge is 0.446 e. The van der Waals surface area contributed by atoms with E-state index in [1.165, 1.54) is 24.3 Å². The van der Waals surface area contributed by atoms with E-state index >= 15 is 0 Å². The minimum absolute atomic E-state index is 0.0432. The van der Waals surface area contributed by atoms with Crippen LogP contribution < -0.4 is 20.7 Å². The van der Waals surface area contributed by atoms with E-state index in [0.717, 1.165) is 0 Å². The van der Waals surface area contributed by atoms with Gasteiger partial charge in [-0.05, 0) is 61.2 Å². The maximum Gasteiger partial charge on any atom is 0.446 e. The fourth-order valence-corrected chi connectivity index (χ4v) is 3.81. The third-order valence-corrected chi connectivity index (χ3v) is 5.32. The van der Waals surface area contributed by atoms with Crippen molar-refractivity contribution < 1.29 is 32.2 Å². The SMILES string of the molecule is CCOC(=O)Nc1nc2cc(Oc3cccc(NC(=O)Nc4cccc(SC(F)(F)F)c4)c3)ccc2[nH]1. The zero-order valence-electron chi connectivity index (χ0n) is 19.2. The summed E-state index contributed by atoms with van der Waals surface area (Å²) in [5, 5.41) is 7.62. The van der Waals surface area contributed by atoms with Crippen molar-refractivity contribution >= 4 is 52.2 Å². The lowest BCUT2D eigenvalue weighted by molar-refractivity contribution is -0.0328. The second-order valence-electron chi connectivity index (χ2n) is 7.39. The number of halogens is 3. The summed E-state index contributed by atoms with van der Waals surface area (Å²) in [5.74, 6) is 1.11. The minimum atomic E-state index is -4.43. The molecule has 3 amide bonds. The van der Waals surface area contributed by atoms with Crippen molar-refractivity contribution in [3.8, 4) is 11.5 Å². The van der Waals surface area contributed by atoms with Gasteiger partial charge < -0.3 is 25.1 Å². The van der Waals surface area contributed by atoms with Gasteiger partial charge in [0.2, 0.25) is 5.95 Å². The van der Waals surface area contributed by atoms with E-state index in [0.29, 0.717) is 28.2 Å². The number of benzene rings is 3. The van der Waals surface area contributed by atoms with Gasteiger partial charge in [0, 0.05) is 28.4 Å². The number of carbonyl (C=O) groups excluding carboxylic acids is 2. The van der Waals surface area contributed by atoms with Crippen molar-refractivity contribution in [1.29, 1.82) is 0 Å². The van der Waals surface area contributed by atoms with Gasteiger partial charge in [0.05, 0.1) is 17.6 Å². The number of hydrogen-bond acceptors (Lipinski definition) is 6. The molecule has 9 nitrogen and oxygen atoms in total. The molecule has 0 aliphatic heterocycles. The van der Waals surface area contributed by atoms with Crippen LogP contribution in [0.1, 0.15) is 6.92 Å². The van der Waals surface area contributed by atoms with Crippen LogP contribution in [0.15, 0.2) is 71.6 Å². The van der Waals surface area contributed by atoms with E-state index < -0.39 is 17.6 Å². The Morgan fingerprint density at radius 3 is 2.38 bits per heavy atom. The third kappa shape index (κ3) is 7.54. The number of amides is 3. The van der Waals surface area contributed by atoms with Gasteiger partial charge in [-0.3, -0.25) is 5.32 Å². The molecule has 192 valence electrons. The van der Waals surface area contributed by atoms with Crippen LogP contribution in [0.25, 0.3) is 11.0 Å². The topological polar surface area (TPSA) is 117 Å². The molecular weight excluding hydrogens is 511 g/mol. The number of aromatic nitrogens is 2. The Balaban J connectivity index is 1.39. The number of fused-ring (bicyclic) bond motifs is 1. The van der Waals surface area contributed by atoms with Crippen LogP contribution in [0.5, 0.6) is 11.5 Å². The lowest BCUT2D eigenvalue weighted by Crippen LogP contribution is -2.19. The van der Waals surface area contributed by atoms with E-state index in [1.54, 1.807) is 49.4 Å². The largest absolute Gasteiger partial charge is 0.457 e. The van der Waals surface area contributed by atoms with E-state index in [2.05, 4.69) is 25.9 Å². The number of ether oxygens (including phenoxy) is 2. The maximum absolute atomic E-state index is 12.6. The number of imidazole rings is 1.